The van der Waals surface area contributed by atoms with E-state index >= 15 is 0 Å². The van der Waals surface area contributed by atoms with Crippen LogP contribution in [0.2, 0.25) is 0 Å². The molecule has 1 amide bonds. The van der Waals surface area contributed by atoms with Crippen molar-refractivity contribution in [3.63, 3.8) is 0 Å². The molecule has 0 saturated carbocycles. The van der Waals surface area contributed by atoms with E-state index in [4.69, 9.17) is 0 Å². The summed E-state index contributed by atoms with van der Waals surface area (Å²) in [6, 6.07) is -0.590. The van der Waals surface area contributed by atoms with Crippen LogP contribution in [-0.2, 0) is 24.7 Å². The molecule has 1 aliphatic rings. The highest BCUT2D eigenvalue weighted by Gasteiger charge is 2.39. The predicted molar refractivity (Wildman–Crippen MR) is 80.8 cm³/mol. The molecule has 124 valence electrons. The van der Waals surface area contributed by atoms with E-state index < -0.39 is 25.9 Å². The van der Waals surface area contributed by atoms with Crippen LogP contribution in [0, 0.1) is 0 Å². The highest BCUT2D eigenvalue weighted by atomic mass is 32.2. The van der Waals surface area contributed by atoms with Gasteiger partial charge in [0, 0.05) is 19.5 Å². The van der Waals surface area contributed by atoms with E-state index in [1.54, 1.807) is 6.92 Å². The minimum absolute atomic E-state index is 0.0169. The largest absolute Gasteiger partial charge is 0.301 e. The van der Waals surface area contributed by atoms with Crippen LogP contribution in [0.15, 0.2) is 4.34 Å². The van der Waals surface area contributed by atoms with Gasteiger partial charge in [-0.1, -0.05) is 18.3 Å². The van der Waals surface area contributed by atoms with E-state index in [-0.39, 0.29) is 39.8 Å². The molecule has 1 aliphatic heterocycles. The lowest BCUT2D eigenvalue weighted by Crippen LogP contribution is -2.40. The molecule has 1 N–H and O–H groups in total. The molecular weight excluding hydrogens is 352 g/mol. The third-order valence-corrected chi connectivity index (χ3v) is 8.11. The Kier molecular flexibility index (Phi) is 4.84. The summed E-state index contributed by atoms with van der Waals surface area (Å²) in [6.07, 6.45) is 0.271. The average Bonchev–Trinajstić information content (AvgIpc) is 2.96. The van der Waals surface area contributed by atoms with E-state index in [0.29, 0.717) is 0 Å². The summed E-state index contributed by atoms with van der Waals surface area (Å²) in [4.78, 5) is 10.9. The second-order valence-electron chi connectivity index (χ2n) is 4.82. The Balaban J connectivity index is 2.27. The van der Waals surface area contributed by atoms with E-state index in [1.807, 2.05) is 0 Å². The van der Waals surface area contributed by atoms with E-state index in [2.05, 4.69) is 15.5 Å². The number of anilines is 1. The van der Waals surface area contributed by atoms with E-state index in [0.717, 1.165) is 15.6 Å². The normalized spacial score (nSPS) is 21.1. The molecule has 1 atom stereocenters. The van der Waals surface area contributed by atoms with Gasteiger partial charge in [-0.05, 0) is 6.42 Å². The molecule has 12 heteroatoms. The van der Waals surface area contributed by atoms with Crippen LogP contribution >= 0.6 is 11.3 Å². The molecule has 1 aromatic heterocycles. The van der Waals surface area contributed by atoms with Crippen molar-refractivity contribution >= 4 is 42.2 Å². The number of rotatable bonds is 5. The molecule has 22 heavy (non-hydrogen) atoms. The highest BCUT2D eigenvalue weighted by Crippen LogP contribution is 2.27. The number of nitrogens with zero attached hydrogens (tertiary/aromatic N) is 3. The molecule has 0 aliphatic carbocycles. The van der Waals surface area contributed by atoms with Gasteiger partial charge in [-0.2, -0.15) is 4.31 Å². The summed E-state index contributed by atoms with van der Waals surface area (Å²) in [7, 11) is -7.14. The maximum Gasteiger partial charge on any atom is 0.272 e. The van der Waals surface area contributed by atoms with Crippen molar-refractivity contribution in [1.82, 2.24) is 14.5 Å². The van der Waals surface area contributed by atoms with Gasteiger partial charge in [0.25, 0.3) is 10.0 Å². The number of sulfone groups is 1. The first-order valence-electron chi connectivity index (χ1n) is 6.49. The van der Waals surface area contributed by atoms with Gasteiger partial charge in [0.1, 0.15) is 0 Å². The number of hydrogen-bond acceptors (Lipinski definition) is 8. The third-order valence-electron chi connectivity index (χ3n) is 3.15. The monoisotopic (exact) mass is 368 g/mol. The Morgan fingerprint density at radius 1 is 1.45 bits per heavy atom. The zero-order chi connectivity index (χ0) is 16.5. The lowest BCUT2D eigenvalue weighted by molar-refractivity contribution is -0.114. The van der Waals surface area contributed by atoms with Crippen LogP contribution < -0.4 is 5.32 Å². The molecule has 1 fully saturated rings. The van der Waals surface area contributed by atoms with Crippen molar-refractivity contribution in [2.24, 2.45) is 0 Å². The van der Waals surface area contributed by atoms with Crippen LogP contribution in [0.3, 0.4) is 0 Å². The van der Waals surface area contributed by atoms with E-state index in [1.165, 1.54) is 6.92 Å². The minimum Gasteiger partial charge on any atom is -0.301 e. The maximum atomic E-state index is 12.6. The van der Waals surface area contributed by atoms with Crippen LogP contribution in [0.25, 0.3) is 0 Å². The van der Waals surface area contributed by atoms with Gasteiger partial charge < -0.3 is 5.32 Å². The first-order valence-corrected chi connectivity index (χ1v) is 10.6. The van der Waals surface area contributed by atoms with Gasteiger partial charge in [0.2, 0.25) is 15.4 Å². The summed E-state index contributed by atoms with van der Waals surface area (Å²) < 4.78 is 49.2. The van der Waals surface area contributed by atoms with Gasteiger partial charge in [-0.3, -0.25) is 4.79 Å². The Labute approximate surface area is 132 Å². The highest BCUT2D eigenvalue weighted by molar-refractivity contribution is 7.92. The quantitative estimate of drug-likeness (QED) is 0.707. The fourth-order valence-corrected chi connectivity index (χ4v) is 6.79. The molecule has 0 spiro atoms. The molecule has 1 unspecified atom stereocenters. The van der Waals surface area contributed by atoms with Crippen molar-refractivity contribution in [2.75, 3.05) is 23.4 Å². The number of aromatic nitrogens is 2. The van der Waals surface area contributed by atoms with Crippen molar-refractivity contribution < 1.29 is 21.6 Å². The van der Waals surface area contributed by atoms with Crippen molar-refractivity contribution in [1.29, 1.82) is 0 Å². The summed E-state index contributed by atoms with van der Waals surface area (Å²) in [5.41, 5.74) is 0. The second kappa shape index (κ2) is 6.18. The number of carbonyl (C=O) groups is 1. The number of nitrogens with one attached hydrogen (secondary N) is 1. The molecular formula is C10H16N4O5S3. The van der Waals surface area contributed by atoms with Crippen LogP contribution in [0.1, 0.15) is 20.3 Å². The number of amides is 1. The van der Waals surface area contributed by atoms with Crippen molar-refractivity contribution in [2.45, 2.75) is 30.6 Å². The standard InChI is InChI=1S/C10H16N4O5S3/c1-3-14(8-4-5-21(16,17)6-8)22(18,19)10-13-12-9(20-10)11-7(2)15/h8H,3-6H2,1-2H3,(H,11,12,15). The van der Waals surface area contributed by atoms with Gasteiger partial charge >= 0.3 is 0 Å². The lowest BCUT2D eigenvalue weighted by Gasteiger charge is -2.24. The second-order valence-corrected chi connectivity index (χ2v) is 10.1. The Morgan fingerprint density at radius 2 is 2.14 bits per heavy atom. The SMILES string of the molecule is CCN(C1CCS(=O)(=O)C1)S(=O)(=O)c1nnc(NC(C)=O)s1. The molecule has 2 rings (SSSR count). The smallest absolute Gasteiger partial charge is 0.272 e. The van der Waals surface area contributed by atoms with Crippen LogP contribution in [0.5, 0.6) is 0 Å². The molecule has 0 aromatic carbocycles. The van der Waals surface area contributed by atoms with Gasteiger partial charge in [0.15, 0.2) is 9.84 Å². The summed E-state index contributed by atoms with van der Waals surface area (Å²) in [6.45, 7) is 3.05. The third kappa shape index (κ3) is 3.62. The molecule has 1 aromatic rings. The van der Waals surface area contributed by atoms with Crippen LogP contribution in [-0.4, -0.2) is 61.3 Å². The van der Waals surface area contributed by atoms with Crippen LogP contribution in [0.4, 0.5) is 5.13 Å². The van der Waals surface area contributed by atoms with Gasteiger partial charge in [0.05, 0.1) is 11.5 Å². The Hall–Kier alpha value is -1.11. The molecule has 9 nitrogen and oxygen atoms in total. The van der Waals surface area contributed by atoms with Gasteiger partial charge in [-0.15, -0.1) is 10.2 Å². The fourth-order valence-electron chi connectivity index (χ4n) is 2.24. The number of sulfonamides is 1. The first kappa shape index (κ1) is 17.2. The number of carbonyl (C=O) groups excluding carboxylic acids is 1. The van der Waals surface area contributed by atoms with Gasteiger partial charge in [-0.25, -0.2) is 16.8 Å². The topological polar surface area (TPSA) is 126 Å². The summed E-state index contributed by atoms with van der Waals surface area (Å²) in [5.74, 6) is -0.580. The summed E-state index contributed by atoms with van der Waals surface area (Å²) in [5, 5.41) is 9.65. The summed E-state index contributed by atoms with van der Waals surface area (Å²) >= 11 is 0.737. The number of hydrogen-bond donors (Lipinski definition) is 1. The zero-order valence-electron chi connectivity index (χ0n) is 12.0. The molecule has 0 bridgehead atoms. The Morgan fingerprint density at radius 3 is 2.64 bits per heavy atom. The molecule has 1 saturated heterocycles. The van der Waals surface area contributed by atoms with Crippen molar-refractivity contribution in [3.05, 3.63) is 0 Å². The molecule has 2 heterocycles. The predicted octanol–water partition coefficient (Wildman–Crippen LogP) is -0.306. The fraction of sp³-hybridized carbons (Fsp3) is 0.700. The van der Waals surface area contributed by atoms with Crippen molar-refractivity contribution in [3.8, 4) is 0 Å². The average molecular weight is 368 g/mol. The molecule has 0 radical (unpaired) electrons. The zero-order valence-corrected chi connectivity index (χ0v) is 14.5. The lowest BCUT2D eigenvalue weighted by atomic mass is 10.3. The minimum atomic E-state index is -3.94. The Bertz CT molecular complexity index is 770. The van der Waals surface area contributed by atoms with E-state index in [9.17, 15) is 21.6 Å². The first-order chi connectivity index (χ1) is 10.2. The maximum absolute atomic E-state index is 12.6.